The largest absolute Gasteiger partial charge is 0.396 e. The standard InChI is InChI=1S/C22H29N3O3/c26-13-16-17-12-25-18(9-8-15(21(25)27)14-6-2-3-7-14)20(23-17)19(16)22(28)24-10-4-1-5-11-24/h6,8-9,16-17,19-20,23,26H,1-5,7,10-13H2/t16-,17-,19+,20+/m0/s1. The fourth-order valence-corrected chi connectivity index (χ4v) is 5.71. The summed E-state index contributed by atoms with van der Waals surface area (Å²) < 4.78 is 1.87. The Morgan fingerprint density at radius 2 is 2.00 bits per heavy atom. The lowest BCUT2D eigenvalue weighted by Gasteiger charge is -2.33. The predicted molar refractivity (Wildman–Crippen MR) is 107 cm³/mol. The van der Waals surface area contributed by atoms with Gasteiger partial charge in [0.2, 0.25) is 5.91 Å². The summed E-state index contributed by atoms with van der Waals surface area (Å²) in [5, 5.41) is 13.7. The number of piperidine rings is 1. The van der Waals surface area contributed by atoms with Crippen molar-refractivity contribution in [3.05, 3.63) is 39.8 Å². The molecule has 1 aromatic rings. The zero-order valence-electron chi connectivity index (χ0n) is 16.3. The van der Waals surface area contributed by atoms with Gasteiger partial charge in [-0.3, -0.25) is 9.59 Å². The third-order valence-corrected chi connectivity index (χ3v) is 7.19. The molecule has 2 bridgehead atoms. The number of amides is 1. The lowest BCUT2D eigenvalue weighted by molar-refractivity contribution is -0.138. The van der Waals surface area contributed by atoms with Crippen LogP contribution >= 0.6 is 0 Å². The normalized spacial score (nSPS) is 31.6. The van der Waals surface area contributed by atoms with Crippen LogP contribution in [0.2, 0.25) is 0 Å². The molecule has 4 heterocycles. The number of hydrogen-bond donors (Lipinski definition) is 2. The first-order valence-electron chi connectivity index (χ1n) is 10.8. The number of hydrogen-bond acceptors (Lipinski definition) is 4. The number of aliphatic hydroxyl groups is 1. The lowest BCUT2D eigenvalue weighted by Crippen LogP contribution is -2.44. The summed E-state index contributed by atoms with van der Waals surface area (Å²) >= 11 is 0. The number of pyridine rings is 1. The molecule has 0 saturated carbocycles. The fourth-order valence-electron chi connectivity index (χ4n) is 5.71. The minimum absolute atomic E-state index is 0.0286. The van der Waals surface area contributed by atoms with Crippen molar-refractivity contribution in [2.75, 3.05) is 19.7 Å². The molecule has 3 aliphatic heterocycles. The van der Waals surface area contributed by atoms with Crippen LogP contribution in [0.25, 0.3) is 5.57 Å². The van der Waals surface area contributed by atoms with Crippen molar-refractivity contribution >= 4 is 11.5 Å². The van der Waals surface area contributed by atoms with Crippen molar-refractivity contribution < 1.29 is 9.90 Å². The van der Waals surface area contributed by atoms with E-state index in [0.29, 0.717) is 6.54 Å². The Hall–Kier alpha value is -1.92. The number of allylic oxidation sites excluding steroid dienone is 2. The van der Waals surface area contributed by atoms with Gasteiger partial charge in [-0.05, 0) is 56.2 Å². The van der Waals surface area contributed by atoms with E-state index in [1.165, 1.54) is 6.42 Å². The van der Waals surface area contributed by atoms with Gasteiger partial charge in [0.05, 0.1) is 12.0 Å². The van der Waals surface area contributed by atoms with Gasteiger partial charge in [0.25, 0.3) is 5.56 Å². The van der Waals surface area contributed by atoms with Crippen LogP contribution in [0.3, 0.4) is 0 Å². The van der Waals surface area contributed by atoms with Crippen molar-refractivity contribution in [1.29, 1.82) is 0 Å². The molecule has 6 heteroatoms. The van der Waals surface area contributed by atoms with Gasteiger partial charge in [-0.2, -0.15) is 0 Å². The Labute approximate surface area is 165 Å². The Morgan fingerprint density at radius 1 is 1.18 bits per heavy atom. The minimum atomic E-state index is -0.294. The average Bonchev–Trinajstić information content (AvgIpc) is 3.35. The van der Waals surface area contributed by atoms with Crippen molar-refractivity contribution in [3.8, 4) is 0 Å². The van der Waals surface area contributed by atoms with E-state index in [1.54, 1.807) is 0 Å². The number of carbonyl (C=O) groups is 1. The molecular formula is C22H29N3O3. The molecule has 2 N–H and O–H groups in total. The summed E-state index contributed by atoms with van der Waals surface area (Å²) in [5.41, 5.74) is 2.92. The molecule has 0 unspecified atom stereocenters. The monoisotopic (exact) mass is 383 g/mol. The lowest BCUT2D eigenvalue weighted by atomic mass is 9.85. The smallest absolute Gasteiger partial charge is 0.258 e. The van der Waals surface area contributed by atoms with Gasteiger partial charge in [-0.25, -0.2) is 0 Å². The summed E-state index contributed by atoms with van der Waals surface area (Å²) in [6.07, 6.45) is 8.59. The third kappa shape index (κ3) is 2.77. The van der Waals surface area contributed by atoms with Crippen LogP contribution in [0, 0.1) is 11.8 Å². The second-order valence-corrected chi connectivity index (χ2v) is 8.72. The molecule has 4 aliphatic rings. The molecule has 1 aromatic heterocycles. The molecule has 0 aromatic carbocycles. The van der Waals surface area contributed by atoms with Crippen LogP contribution in [0.5, 0.6) is 0 Å². The van der Waals surface area contributed by atoms with Gasteiger partial charge >= 0.3 is 0 Å². The van der Waals surface area contributed by atoms with Gasteiger partial charge in [0.1, 0.15) is 0 Å². The number of likely N-dealkylation sites (tertiary alicyclic amines) is 1. The maximum absolute atomic E-state index is 13.4. The quantitative estimate of drug-likeness (QED) is 0.833. The molecule has 4 atom stereocenters. The Morgan fingerprint density at radius 3 is 2.71 bits per heavy atom. The second-order valence-electron chi connectivity index (χ2n) is 8.72. The van der Waals surface area contributed by atoms with Crippen LogP contribution in [-0.4, -0.2) is 46.2 Å². The molecule has 2 fully saturated rings. The molecule has 28 heavy (non-hydrogen) atoms. The van der Waals surface area contributed by atoms with Crippen molar-refractivity contribution in [2.45, 2.75) is 57.2 Å². The fraction of sp³-hybridized carbons (Fsp3) is 0.636. The van der Waals surface area contributed by atoms with Crippen LogP contribution < -0.4 is 10.9 Å². The number of nitrogens with zero attached hydrogens (tertiary/aromatic N) is 2. The molecule has 0 radical (unpaired) electrons. The van der Waals surface area contributed by atoms with Gasteiger partial charge in [-0.1, -0.05) is 6.08 Å². The first kappa shape index (κ1) is 18.1. The van der Waals surface area contributed by atoms with Crippen LogP contribution in [-0.2, 0) is 11.3 Å². The summed E-state index contributed by atoms with van der Waals surface area (Å²) in [5.74, 6) is -0.298. The third-order valence-electron chi connectivity index (χ3n) is 7.19. The van der Waals surface area contributed by atoms with E-state index in [2.05, 4.69) is 11.4 Å². The van der Waals surface area contributed by atoms with Crippen molar-refractivity contribution in [2.24, 2.45) is 11.8 Å². The number of carbonyl (C=O) groups excluding carboxylic acids is 1. The molecule has 0 spiro atoms. The van der Waals surface area contributed by atoms with Crippen LogP contribution in [0.15, 0.2) is 23.0 Å². The number of rotatable bonds is 3. The average molecular weight is 383 g/mol. The summed E-state index contributed by atoms with van der Waals surface area (Å²) in [7, 11) is 0. The zero-order valence-corrected chi connectivity index (χ0v) is 16.3. The van der Waals surface area contributed by atoms with Crippen LogP contribution in [0.4, 0.5) is 0 Å². The summed E-state index contributed by atoms with van der Waals surface area (Å²) in [4.78, 5) is 28.6. The molecule has 150 valence electrons. The Kier molecular flexibility index (Phi) is 4.63. The predicted octanol–water partition coefficient (Wildman–Crippen LogP) is 1.68. The summed E-state index contributed by atoms with van der Waals surface area (Å²) in [6.45, 7) is 2.12. The van der Waals surface area contributed by atoms with E-state index in [0.717, 1.165) is 62.0 Å². The first-order valence-corrected chi connectivity index (χ1v) is 10.8. The Bertz CT molecular complexity index is 868. The molecule has 6 nitrogen and oxygen atoms in total. The van der Waals surface area contributed by atoms with Crippen molar-refractivity contribution in [1.82, 2.24) is 14.8 Å². The number of nitrogens with one attached hydrogen (secondary N) is 1. The summed E-state index contributed by atoms with van der Waals surface area (Å²) in [6, 6.07) is 3.75. The molecule has 1 aliphatic carbocycles. The van der Waals surface area contributed by atoms with E-state index < -0.39 is 0 Å². The highest BCUT2D eigenvalue weighted by atomic mass is 16.3. The highest BCUT2D eigenvalue weighted by Crippen LogP contribution is 2.42. The number of fused-ring (bicyclic) bond motifs is 4. The van der Waals surface area contributed by atoms with E-state index in [-0.39, 0.29) is 42.0 Å². The SMILES string of the molecule is O=C([C@@H]1[C@@H](CO)[C@@H]2Cn3c(ccc(C4=CCCC4)c3=O)[C@H]1N2)N1CCCCC1. The number of aliphatic hydroxyl groups excluding tert-OH is 1. The highest BCUT2D eigenvalue weighted by Gasteiger charge is 2.51. The van der Waals surface area contributed by atoms with E-state index >= 15 is 0 Å². The van der Waals surface area contributed by atoms with Gasteiger partial charge in [-0.15, -0.1) is 0 Å². The number of aromatic nitrogens is 1. The maximum Gasteiger partial charge on any atom is 0.258 e. The first-order chi connectivity index (χ1) is 13.7. The molecule has 1 amide bonds. The maximum atomic E-state index is 13.4. The molecule has 2 saturated heterocycles. The van der Waals surface area contributed by atoms with E-state index in [9.17, 15) is 14.7 Å². The van der Waals surface area contributed by atoms with Crippen LogP contribution in [0.1, 0.15) is 55.8 Å². The topological polar surface area (TPSA) is 74.6 Å². The molecular weight excluding hydrogens is 354 g/mol. The molecule has 5 rings (SSSR count). The van der Waals surface area contributed by atoms with Gasteiger partial charge in [0.15, 0.2) is 0 Å². The van der Waals surface area contributed by atoms with Gasteiger partial charge in [0, 0.05) is 49.5 Å². The second kappa shape index (κ2) is 7.16. The van der Waals surface area contributed by atoms with Crippen molar-refractivity contribution in [3.63, 3.8) is 0 Å². The van der Waals surface area contributed by atoms with E-state index in [4.69, 9.17) is 0 Å². The minimum Gasteiger partial charge on any atom is -0.396 e. The highest BCUT2D eigenvalue weighted by molar-refractivity contribution is 5.81. The van der Waals surface area contributed by atoms with E-state index in [1.807, 2.05) is 21.6 Å². The zero-order chi connectivity index (χ0) is 19.3. The van der Waals surface area contributed by atoms with Gasteiger partial charge < -0.3 is 19.9 Å². The Balaban J connectivity index is 1.52.